The van der Waals surface area contributed by atoms with Crippen LogP contribution in [0.3, 0.4) is 0 Å². The molecule has 0 aromatic heterocycles. The van der Waals surface area contributed by atoms with Gasteiger partial charge in [0, 0.05) is 45.3 Å². The van der Waals surface area contributed by atoms with Gasteiger partial charge in [-0.05, 0) is 39.3 Å². The number of likely N-dealkylation sites (tertiary alicyclic amines) is 2. The first kappa shape index (κ1) is 21.2. The minimum Gasteiger partial charge on any atom is -0.379 e. The number of morpholine rings is 1. The van der Waals surface area contributed by atoms with E-state index in [2.05, 4.69) is 26.9 Å². The van der Waals surface area contributed by atoms with Crippen LogP contribution in [0.4, 0.5) is 0 Å². The molecule has 1 N–H and O–H groups in total. The van der Waals surface area contributed by atoms with Crippen LogP contribution in [0, 0.1) is 0 Å². The molecular weight excluding hydrogens is 429 g/mol. The van der Waals surface area contributed by atoms with Crippen molar-refractivity contribution in [3.63, 3.8) is 0 Å². The Bertz CT molecular complexity index is 397. The molecule has 3 aliphatic heterocycles. The number of hydrogen-bond donors (Lipinski definition) is 1. The standard InChI is InChI=1S/C18H35N5O.HI/c1-2-19-18(20-7-11-21-8-4-3-5-9-21)23-10-6-17(16-23)22-12-14-24-15-13-22;/h17H,2-16H2,1H3,(H,19,20);1H. The summed E-state index contributed by atoms with van der Waals surface area (Å²) < 4.78 is 5.49. The Morgan fingerprint density at radius 2 is 1.84 bits per heavy atom. The van der Waals surface area contributed by atoms with Crippen LogP contribution >= 0.6 is 24.0 Å². The fraction of sp³-hybridized carbons (Fsp3) is 0.944. The first-order chi connectivity index (χ1) is 11.9. The second-order valence-electron chi connectivity index (χ2n) is 7.17. The summed E-state index contributed by atoms with van der Waals surface area (Å²) in [6, 6.07) is 0.667. The third-order valence-corrected chi connectivity index (χ3v) is 5.49. The molecule has 1 unspecified atom stereocenters. The largest absolute Gasteiger partial charge is 0.379 e. The average Bonchev–Trinajstić information content (AvgIpc) is 3.13. The van der Waals surface area contributed by atoms with E-state index in [1.165, 1.54) is 38.8 Å². The second-order valence-corrected chi connectivity index (χ2v) is 7.17. The van der Waals surface area contributed by atoms with Crippen LogP contribution in [-0.4, -0.2) is 98.8 Å². The molecule has 0 spiro atoms. The summed E-state index contributed by atoms with van der Waals surface area (Å²) in [4.78, 5) is 12.5. The summed E-state index contributed by atoms with van der Waals surface area (Å²) in [5.74, 6) is 1.12. The van der Waals surface area contributed by atoms with Crippen LogP contribution in [-0.2, 0) is 4.74 Å². The molecular formula is C18H36IN5O. The van der Waals surface area contributed by atoms with E-state index in [0.717, 1.165) is 65.0 Å². The Morgan fingerprint density at radius 3 is 2.56 bits per heavy atom. The minimum absolute atomic E-state index is 0. The zero-order chi connectivity index (χ0) is 16.6. The van der Waals surface area contributed by atoms with E-state index in [9.17, 15) is 0 Å². The van der Waals surface area contributed by atoms with Crippen molar-refractivity contribution in [2.45, 2.75) is 38.6 Å². The van der Waals surface area contributed by atoms with Crippen LogP contribution in [0.2, 0.25) is 0 Å². The third kappa shape index (κ3) is 6.52. The number of ether oxygens (including phenoxy) is 1. The van der Waals surface area contributed by atoms with Crippen molar-refractivity contribution in [2.75, 3.05) is 72.1 Å². The normalized spacial score (nSPS) is 26.5. The van der Waals surface area contributed by atoms with Crippen molar-refractivity contribution in [1.82, 2.24) is 20.0 Å². The molecule has 146 valence electrons. The third-order valence-electron chi connectivity index (χ3n) is 5.49. The highest BCUT2D eigenvalue weighted by Crippen LogP contribution is 2.17. The van der Waals surface area contributed by atoms with Gasteiger partial charge in [0.15, 0.2) is 5.96 Å². The monoisotopic (exact) mass is 465 g/mol. The first-order valence-electron chi connectivity index (χ1n) is 9.94. The molecule has 7 heteroatoms. The highest BCUT2D eigenvalue weighted by atomic mass is 127. The fourth-order valence-electron chi connectivity index (χ4n) is 4.08. The molecule has 0 amide bonds. The van der Waals surface area contributed by atoms with E-state index in [0.29, 0.717) is 6.04 Å². The van der Waals surface area contributed by atoms with E-state index in [1.54, 1.807) is 0 Å². The van der Waals surface area contributed by atoms with Gasteiger partial charge in [-0.1, -0.05) is 6.42 Å². The summed E-state index contributed by atoms with van der Waals surface area (Å²) in [5, 5.41) is 3.50. The maximum atomic E-state index is 5.49. The van der Waals surface area contributed by atoms with Gasteiger partial charge < -0.3 is 19.9 Å². The number of rotatable bonds is 5. The number of guanidine groups is 1. The van der Waals surface area contributed by atoms with Gasteiger partial charge in [-0.2, -0.15) is 0 Å². The van der Waals surface area contributed by atoms with E-state index in [1.807, 2.05) is 0 Å². The van der Waals surface area contributed by atoms with Crippen molar-refractivity contribution >= 4 is 29.9 Å². The summed E-state index contributed by atoms with van der Waals surface area (Å²) in [7, 11) is 0. The Hall–Kier alpha value is -0.120. The van der Waals surface area contributed by atoms with Gasteiger partial charge in [-0.25, -0.2) is 0 Å². The van der Waals surface area contributed by atoms with Crippen LogP contribution in [0.25, 0.3) is 0 Å². The van der Waals surface area contributed by atoms with Crippen LogP contribution in [0.1, 0.15) is 32.6 Å². The molecule has 0 radical (unpaired) electrons. The topological polar surface area (TPSA) is 43.3 Å². The number of aliphatic imine (C=N–C) groups is 1. The average molecular weight is 465 g/mol. The molecule has 6 nitrogen and oxygen atoms in total. The van der Waals surface area contributed by atoms with Crippen LogP contribution in [0.15, 0.2) is 4.99 Å². The molecule has 0 saturated carbocycles. The van der Waals surface area contributed by atoms with Crippen molar-refractivity contribution in [2.24, 2.45) is 4.99 Å². The molecule has 0 aliphatic carbocycles. The lowest BCUT2D eigenvalue weighted by Gasteiger charge is -2.32. The number of nitrogens with zero attached hydrogens (tertiary/aromatic N) is 4. The molecule has 3 aliphatic rings. The smallest absolute Gasteiger partial charge is 0.194 e. The number of hydrogen-bond acceptors (Lipinski definition) is 4. The SMILES string of the molecule is CCNC(=NCCN1CCCCC1)N1CCC(N2CCOCC2)C1.I. The molecule has 0 bridgehead atoms. The molecule has 0 aromatic rings. The molecule has 3 rings (SSSR count). The maximum absolute atomic E-state index is 5.49. The van der Waals surface area contributed by atoms with Crippen molar-refractivity contribution in [3.8, 4) is 0 Å². The van der Waals surface area contributed by atoms with Gasteiger partial charge in [0.25, 0.3) is 0 Å². The number of piperidine rings is 1. The van der Waals surface area contributed by atoms with Gasteiger partial charge in [0.1, 0.15) is 0 Å². The number of halogens is 1. The van der Waals surface area contributed by atoms with Gasteiger partial charge >= 0.3 is 0 Å². The van der Waals surface area contributed by atoms with Crippen LogP contribution in [0.5, 0.6) is 0 Å². The lowest BCUT2D eigenvalue weighted by atomic mass is 10.1. The Labute approximate surface area is 170 Å². The molecule has 25 heavy (non-hydrogen) atoms. The molecule has 3 saturated heterocycles. The Kier molecular flexibility index (Phi) is 9.80. The van der Waals surface area contributed by atoms with E-state index in [4.69, 9.17) is 9.73 Å². The minimum atomic E-state index is 0. The Balaban J connectivity index is 0.00000225. The van der Waals surface area contributed by atoms with Gasteiger partial charge in [-0.15, -0.1) is 24.0 Å². The predicted molar refractivity (Wildman–Crippen MR) is 114 cm³/mol. The summed E-state index contributed by atoms with van der Waals surface area (Å²) in [5.41, 5.74) is 0. The molecule has 0 aromatic carbocycles. The van der Waals surface area contributed by atoms with E-state index < -0.39 is 0 Å². The molecule has 3 fully saturated rings. The van der Waals surface area contributed by atoms with Crippen molar-refractivity contribution in [1.29, 1.82) is 0 Å². The van der Waals surface area contributed by atoms with Crippen molar-refractivity contribution in [3.05, 3.63) is 0 Å². The van der Waals surface area contributed by atoms with Crippen molar-refractivity contribution < 1.29 is 4.74 Å². The van der Waals surface area contributed by atoms with Gasteiger partial charge in [0.05, 0.1) is 19.8 Å². The van der Waals surface area contributed by atoms with E-state index >= 15 is 0 Å². The summed E-state index contributed by atoms with van der Waals surface area (Å²) >= 11 is 0. The number of nitrogens with one attached hydrogen (secondary N) is 1. The van der Waals surface area contributed by atoms with Gasteiger partial charge in [0.2, 0.25) is 0 Å². The fourth-order valence-corrected chi connectivity index (χ4v) is 4.08. The summed E-state index contributed by atoms with van der Waals surface area (Å²) in [6.07, 6.45) is 5.37. The lowest BCUT2D eigenvalue weighted by molar-refractivity contribution is 0.0195. The zero-order valence-corrected chi connectivity index (χ0v) is 18.1. The van der Waals surface area contributed by atoms with E-state index in [-0.39, 0.29) is 24.0 Å². The maximum Gasteiger partial charge on any atom is 0.194 e. The first-order valence-corrected chi connectivity index (χ1v) is 9.94. The highest BCUT2D eigenvalue weighted by molar-refractivity contribution is 14.0. The molecule has 3 heterocycles. The quantitative estimate of drug-likeness (QED) is 0.379. The summed E-state index contributed by atoms with van der Waals surface area (Å²) in [6.45, 7) is 13.8. The highest BCUT2D eigenvalue weighted by Gasteiger charge is 2.30. The zero-order valence-electron chi connectivity index (χ0n) is 15.8. The Morgan fingerprint density at radius 1 is 1.08 bits per heavy atom. The van der Waals surface area contributed by atoms with Crippen LogP contribution < -0.4 is 5.32 Å². The molecule has 1 atom stereocenters. The predicted octanol–water partition coefficient (Wildman–Crippen LogP) is 1.46. The second kappa shape index (κ2) is 11.6. The van der Waals surface area contributed by atoms with Gasteiger partial charge in [-0.3, -0.25) is 9.89 Å². The lowest BCUT2D eigenvalue weighted by Crippen LogP contribution is -2.46.